The highest BCUT2D eigenvalue weighted by molar-refractivity contribution is 7.88. The van der Waals surface area contributed by atoms with Gasteiger partial charge in [0.1, 0.15) is 11.6 Å². The Morgan fingerprint density at radius 3 is 2.22 bits per heavy atom. The second kappa shape index (κ2) is 10.9. The van der Waals surface area contributed by atoms with Crippen LogP contribution in [0.1, 0.15) is 49.9 Å². The van der Waals surface area contributed by atoms with Gasteiger partial charge in [0.05, 0.1) is 6.26 Å². The van der Waals surface area contributed by atoms with E-state index in [-0.39, 0.29) is 49.9 Å². The molecule has 0 saturated carbocycles. The smallest absolute Gasteiger partial charge is 0.253 e. The fraction of sp³-hybridized carbons (Fsp3) is 0.296. The summed E-state index contributed by atoms with van der Waals surface area (Å²) in [7, 11) is -3.31. The molecular formula is C27H27F2N3O4S. The van der Waals surface area contributed by atoms with Gasteiger partial charge in [-0.15, -0.1) is 0 Å². The van der Waals surface area contributed by atoms with Crippen molar-refractivity contribution >= 4 is 21.7 Å². The fourth-order valence-corrected chi connectivity index (χ4v) is 5.30. The monoisotopic (exact) mass is 527 g/mol. The molecule has 0 aliphatic carbocycles. The van der Waals surface area contributed by atoms with Gasteiger partial charge in [-0.25, -0.2) is 17.2 Å². The summed E-state index contributed by atoms with van der Waals surface area (Å²) in [4.78, 5) is 31.8. The van der Waals surface area contributed by atoms with E-state index in [1.165, 1.54) is 16.6 Å². The minimum Gasteiger partial charge on any atom is -0.336 e. The Bertz CT molecular complexity index is 1420. The van der Waals surface area contributed by atoms with E-state index in [1.807, 2.05) is 0 Å². The summed E-state index contributed by atoms with van der Waals surface area (Å²) < 4.78 is 53.2. The molecule has 1 saturated heterocycles. The summed E-state index contributed by atoms with van der Waals surface area (Å²) in [5, 5.41) is 0. The number of halogens is 2. The Balaban J connectivity index is 1.57. The van der Waals surface area contributed by atoms with Crippen molar-refractivity contribution < 1.29 is 26.8 Å². The number of benzene rings is 2. The SMILES string of the molecule is Cc1cc(C(=O)CC(c2ccc(C(=O)N3CCN(S(C)(=O)=O)CC3)cc2)c2ccc(F)cc2F)ccn1. The van der Waals surface area contributed by atoms with Gasteiger partial charge in [0.2, 0.25) is 10.0 Å². The molecule has 1 aromatic heterocycles. The molecule has 4 rings (SSSR count). The van der Waals surface area contributed by atoms with Crippen molar-refractivity contribution in [3.63, 3.8) is 0 Å². The first-order chi connectivity index (χ1) is 17.5. The van der Waals surface area contributed by atoms with E-state index in [9.17, 15) is 26.8 Å². The summed E-state index contributed by atoms with van der Waals surface area (Å²) in [5.41, 5.74) is 2.29. The van der Waals surface area contributed by atoms with E-state index in [2.05, 4.69) is 4.98 Å². The number of hydrogen-bond donors (Lipinski definition) is 0. The van der Waals surface area contributed by atoms with Crippen molar-refractivity contribution in [1.82, 2.24) is 14.2 Å². The highest BCUT2D eigenvalue weighted by Gasteiger charge is 2.27. The van der Waals surface area contributed by atoms with Gasteiger partial charge >= 0.3 is 0 Å². The zero-order valence-corrected chi connectivity index (χ0v) is 21.3. The maximum atomic E-state index is 14.8. The number of hydrogen-bond acceptors (Lipinski definition) is 5. The Morgan fingerprint density at radius 1 is 0.946 bits per heavy atom. The van der Waals surface area contributed by atoms with Crippen molar-refractivity contribution in [3.8, 4) is 0 Å². The molecule has 1 unspecified atom stereocenters. The van der Waals surface area contributed by atoms with Gasteiger partial charge in [0, 0.05) is 67.6 Å². The average Bonchev–Trinajstić information content (AvgIpc) is 2.87. The molecule has 194 valence electrons. The molecule has 3 aromatic rings. The number of nitrogens with zero attached hydrogens (tertiary/aromatic N) is 3. The first kappa shape index (κ1) is 26.6. The van der Waals surface area contributed by atoms with Gasteiger partial charge in [0.25, 0.3) is 5.91 Å². The van der Waals surface area contributed by atoms with Gasteiger partial charge < -0.3 is 4.90 Å². The van der Waals surface area contributed by atoms with Crippen LogP contribution in [0, 0.1) is 18.6 Å². The molecule has 2 heterocycles. The third-order valence-corrected chi connectivity index (χ3v) is 7.80. The lowest BCUT2D eigenvalue weighted by Crippen LogP contribution is -2.50. The molecule has 0 radical (unpaired) electrons. The largest absolute Gasteiger partial charge is 0.336 e. The highest BCUT2D eigenvalue weighted by Crippen LogP contribution is 2.32. The van der Waals surface area contributed by atoms with Gasteiger partial charge in [-0.2, -0.15) is 4.31 Å². The van der Waals surface area contributed by atoms with Crippen molar-refractivity contribution in [2.24, 2.45) is 0 Å². The van der Waals surface area contributed by atoms with Crippen molar-refractivity contribution in [3.05, 3.63) is 100 Å². The quantitative estimate of drug-likeness (QED) is 0.437. The third kappa shape index (κ3) is 6.26. The lowest BCUT2D eigenvalue weighted by Gasteiger charge is -2.33. The Morgan fingerprint density at radius 2 is 1.62 bits per heavy atom. The summed E-state index contributed by atoms with van der Waals surface area (Å²) >= 11 is 0. The number of amides is 1. The van der Waals surface area contributed by atoms with Crippen LogP contribution in [0.2, 0.25) is 0 Å². The lowest BCUT2D eigenvalue weighted by atomic mass is 9.85. The average molecular weight is 528 g/mol. The number of pyridine rings is 1. The van der Waals surface area contributed by atoms with Crippen LogP contribution in [0.3, 0.4) is 0 Å². The van der Waals surface area contributed by atoms with Crippen LogP contribution in [0.4, 0.5) is 8.78 Å². The van der Waals surface area contributed by atoms with Crippen LogP contribution < -0.4 is 0 Å². The molecule has 1 fully saturated rings. The minimum absolute atomic E-state index is 0.0627. The second-order valence-electron chi connectivity index (χ2n) is 9.11. The Hall–Kier alpha value is -3.50. The van der Waals surface area contributed by atoms with E-state index < -0.39 is 27.6 Å². The molecule has 2 aromatic carbocycles. The number of ketones is 1. The van der Waals surface area contributed by atoms with E-state index >= 15 is 0 Å². The molecular weight excluding hydrogens is 500 g/mol. The topological polar surface area (TPSA) is 87.7 Å². The molecule has 1 amide bonds. The predicted molar refractivity (Wildman–Crippen MR) is 135 cm³/mol. The Kier molecular flexibility index (Phi) is 7.79. The number of Topliss-reactive ketones (excluding diaryl/α,β-unsaturated/α-hetero) is 1. The van der Waals surface area contributed by atoms with Gasteiger partial charge in [0.15, 0.2) is 5.78 Å². The summed E-state index contributed by atoms with van der Waals surface area (Å²) in [6, 6.07) is 13.1. The molecule has 0 N–H and O–H groups in total. The molecule has 1 atom stereocenters. The number of piperazine rings is 1. The zero-order valence-electron chi connectivity index (χ0n) is 20.5. The van der Waals surface area contributed by atoms with Crippen LogP contribution in [-0.2, 0) is 10.0 Å². The first-order valence-electron chi connectivity index (χ1n) is 11.8. The van der Waals surface area contributed by atoms with E-state index in [0.29, 0.717) is 22.4 Å². The van der Waals surface area contributed by atoms with E-state index in [0.717, 1.165) is 18.4 Å². The number of aryl methyl sites for hydroxylation is 1. The van der Waals surface area contributed by atoms with Crippen LogP contribution in [0.25, 0.3) is 0 Å². The minimum atomic E-state index is -3.31. The van der Waals surface area contributed by atoms with Crippen LogP contribution in [0.15, 0.2) is 60.8 Å². The number of carbonyl (C=O) groups is 2. The molecule has 37 heavy (non-hydrogen) atoms. The molecule has 1 aliphatic rings. The zero-order chi connectivity index (χ0) is 26.7. The molecule has 0 bridgehead atoms. The summed E-state index contributed by atoms with van der Waals surface area (Å²) in [6.45, 7) is 2.77. The fourth-order valence-electron chi connectivity index (χ4n) is 4.48. The molecule has 7 nitrogen and oxygen atoms in total. The highest BCUT2D eigenvalue weighted by atomic mass is 32.2. The summed E-state index contributed by atoms with van der Waals surface area (Å²) in [6.07, 6.45) is 2.61. The molecule has 0 spiro atoms. The normalized spacial score (nSPS) is 15.4. The number of sulfonamides is 1. The van der Waals surface area contributed by atoms with Crippen molar-refractivity contribution in [2.75, 3.05) is 32.4 Å². The molecule has 10 heteroatoms. The van der Waals surface area contributed by atoms with Gasteiger partial charge in [-0.3, -0.25) is 14.6 Å². The maximum Gasteiger partial charge on any atom is 0.253 e. The predicted octanol–water partition coefficient (Wildman–Crippen LogP) is 3.79. The van der Waals surface area contributed by atoms with Crippen molar-refractivity contribution in [2.45, 2.75) is 19.3 Å². The van der Waals surface area contributed by atoms with E-state index in [1.54, 1.807) is 48.2 Å². The summed E-state index contributed by atoms with van der Waals surface area (Å²) in [5.74, 6) is -2.64. The number of aromatic nitrogens is 1. The maximum absolute atomic E-state index is 14.8. The van der Waals surface area contributed by atoms with Crippen molar-refractivity contribution in [1.29, 1.82) is 0 Å². The molecule has 1 aliphatic heterocycles. The number of carbonyl (C=O) groups excluding carboxylic acids is 2. The van der Waals surface area contributed by atoms with Crippen LogP contribution in [-0.4, -0.2) is 66.7 Å². The Labute approximate surface area is 214 Å². The number of rotatable bonds is 7. The van der Waals surface area contributed by atoms with Gasteiger partial charge in [-0.05, 0) is 48.4 Å². The van der Waals surface area contributed by atoms with Gasteiger partial charge in [-0.1, -0.05) is 18.2 Å². The second-order valence-corrected chi connectivity index (χ2v) is 11.1. The third-order valence-electron chi connectivity index (χ3n) is 6.50. The van der Waals surface area contributed by atoms with Crippen LogP contribution >= 0.6 is 0 Å². The first-order valence-corrected chi connectivity index (χ1v) is 13.6. The standard InChI is InChI=1S/C27H27F2N3O4S/c1-18-15-21(9-10-30-18)26(33)17-24(23-8-7-22(28)16-25(23)29)19-3-5-20(6-4-19)27(34)31-11-13-32(14-12-31)37(2,35)36/h3-10,15-16,24H,11-14,17H2,1-2H3. The van der Waals surface area contributed by atoms with E-state index in [4.69, 9.17) is 0 Å². The van der Waals surface area contributed by atoms with Crippen LogP contribution in [0.5, 0.6) is 0 Å². The lowest BCUT2D eigenvalue weighted by molar-refractivity contribution is 0.0698.